The summed E-state index contributed by atoms with van der Waals surface area (Å²) in [7, 11) is 0. The molecule has 0 atom stereocenters. The number of carbonyl (C=O) groups excluding carboxylic acids is 3. The summed E-state index contributed by atoms with van der Waals surface area (Å²) in [5.74, 6) is -0.890. The van der Waals surface area contributed by atoms with E-state index >= 15 is 0 Å². The van der Waals surface area contributed by atoms with Crippen molar-refractivity contribution in [3.05, 3.63) is 99.6 Å². The Bertz CT molecular complexity index is 1280. The van der Waals surface area contributed by atoms with E-state index in [0.717, 1.165) is 10.5 Å². The fourth-order valence-electron chi connectivity index (χ4n) is 3.41. The molecule has 0 aromatic heterocycles. The molecular formula is C26H21ClN2O4. The fraction of sp³-hybridized carbons (Fsp3) is 0.115. The number of imide groups is 2. The number of nitrogens with zero attached hydrogens (tertiary/aromatic N) is 1. The SMILES string of the molecule is Cc1ccc(COc2cccc(/C=C3/C(=O)NC(=O)N(c4cc(Cl)ccc4C)C3=O)c2)cc1. The molecule has 3 aromatic carbocycles. The van der Waals surface area contributed by atoms with E-state index in [1.54, 1.807) is 43.3 Å². The van der Waals surface area contributed by atoms with Crippen molar-refractivity contribution in [2.45, 2.75) is 20.5 Å². The van der Waals surface area contributed by atoms with Crippen LogP contribution in [0.3, 0.4) is 0 Å². The summed E-state index contributed by atoms with van der Waals surface area (Å²) in [4.78, 5) is 39.0. The predicted octanol–water partition coefficient (Wildman–Crippen LogP) is 5.20. The Labute approximate surface area is 196 Å². The summed E-state index contributed by atoms with van der Waals surface area (Å²) in [5, 5.41) is 2.60. The van der Waals surface area contributed by atoms with E-state index < -0.39 is 17.8 Å². The molecule has 1 fully saturated rings. The molecule has 0 aliphatic carbocycles. The van der Waals surface area contributed by atoms with E-state index in [-0.39, 0.29) is 5.57 Å². The summed E-state index contributed by atoms with van der Waals surface area (Å²) < 4.78 is 5.86. The van der Waals surface area contributed by atoms with Crippen LogP contribution in [0.5, 0.6) is 5.75 Å². The highest BCUT2D eigenvalue weighted by Gasteiger charge is 2.37. The van der Waals surface area contributed by atoms with Gasteiger partial charge in [0, 0.05) is 5.02 Å². The number of benzene rings is 3. The van der Waals surface area contributed by atoms with Crippen LogP contribution in [0, 0.1) is 13.8 Å². The molecule has 0 bridgehead atoms. The standard InChI is InChI=1S/C26H21ClN2O4/c1-16-6-9-18(10-7-16)15-33-21-5-3-4-19(12-21)13-22-24(30)28-26(32)29(25(22)31)23-14-20(27)11-8-17(23)2/h3-14H,15H2,1-2H3,(H,28,30,32)/b22-13-. The first-order valence-corrected chi connectivity index (χ1v) is 10.7. The predicted molar refractivity (Wildman–Crippen MR) is 127 cm³/mol. The van der Waals surface area contributed by atoms with Gasteiger partial charge in [-0.15, -0.1) is 0 Å². The van der Waals surface area contributed by atoms with Gasteiger partial charge in [0.2, 0.25) is 0 Å². The fourth-order valence-corrected chi connectivity index (χ4v) is 3.58. The third kappa shape index (κ3) is 4.96. The lowest BCUT2D eigenvalue weighted by Gasteiger charge is -2.27. The van der Waals surface area contributed by atoms with Crippen molar-refractivity contribution < 1.29 is 19.1 Å². The van der Waals surface area contributed by atoms with Gasteiger partial charge >= 0.3 is 6.03 Å². The number of aryl methyl sites for hydroxylation is 2. The smallest absolute Gasteiger partial charge is 0.335 e. The van der Waals surface area contributed by atoms with Gasteiger partial charge in [-0.25, -0.2) is 9.69 Å². The number of rotatable bonds is 5. The van der Waals surface area contributed by atoms with Crippen molar-refractivity contribution in [2.24, 2.45) is 0 Å². The number of nitrogens with one attached hydrogen (secondary N) is 1. The molecule has 1 saturated heterocycles. The molecule has 1 aliphatic rings. The monoisotopic (exact) mass is 460 g/mol. The van der Waals surface area contributed by atoms with Crippen molar-refractivity contribution >= 4 is 41.2 Å². The van der Waals surface area contributed by atoms with Gasteiger partial charge in [0.05, 0.1) is 5.69 Å². The number of halogens is 1. The number of hydrogen-bond acceptors (Lipinski definition) is 4. The highest BCUT2D eigenvalue weighted by Crippen LogP contribution is 2.28. The first-order valence-electron chi connectivity index (χ1n) is 10.3. The maximum absolute atomic E-state index is 13.1. The minimum Gasteiger partial charge on any atom is -0.489 e. The van der Waals surface area contributed by atoms with E-state index in [2.05, 4.69) is 5.32 Å². The highest BCUT2D eigenvalue weighted by molar-refractivity contribution is 6.39. The minimum absolute atomic E-state index is 0.162. The van der Waals surface area contributed by atoms with Crippen molar-refractivity contribution in [3.63, 3.8) is 0 Å². The van der Waals surface area contributed by atoms with Crippen LogP contribution in [0.1, 0.15) is 22.3 Å². The van der Waals surface area contributed by atoms with Crippen LogP contribution in [-0.2, 0) is 16.2 Å². The lowest BCUT2D eigenvalue weighted by Crippen LogP contribution is -2.54. The van der Waals surface area contributed by atoms with E-state index in [1.165, 1.54) is 17.7 Å². The van der Waals surface area contributed by atoms with Gasteiger partial charge < -0.3 is 4.74 Å². The van der Waals surface area contributed by atoms with Crippen LogP contribution in [0.4, 0.5) is 10.5 Å². The van der Waals surface area contributed by atoms with Gasteiger partial charge in [0.25, 0.3) is 11.8 Å². The Morgan fingerprint density at radius 2 is 1.73 bits per heavy atom. The summed E-state index contributed by atoms with van der Waals surface area (Å²) in [6, 6.07) is 19.1. The topological polar surface area (TPSA) is 75.7 Å². The molecule has 0 saturated carbocycles. The molecule has 7 heteroatoms. The van der Waals surface area contributed by atoms with Gasteiger partial charge in [-0.3, -0.25) is 14.9 Å². The number of ether oxygens (including phenoxy) is 1. The molecule has 1 aliphatic heterocycles. The molecule has 6 nitrogen and oxygen atoms in total. The Kier molecular flexibility index (Phi) is 6.29. The molecule has 0 spiro atoms. The molecule has 0 unspecified atom stereocenters. The molecule has 3 aromatic rings. The number of urea groups is 1. The van der Waals surface area contributed by atoms with Gasteiger partial charge in [0.1, 0.15) is 17.9 Å². The number of barbiturate groups is 1. The third-order valence-corrected chi connectivity index (χ3v) is 5.44. The first kappa shape index (κ1) is 22.3. The zero-order valence-corrected chi connectivity index (χ0v) is 18.8. The Morgan fingerprint density at radius 1 is 0.970 bits per heavy atom. The van der Waals surface area contributed by atoms with Crippen molar-refractivity contribution in [1.82, 2.24) is 5.32 Å². The van der Waals surface area contributed by atoms with Crippen LogP contribution < -0.4 is 15.0 Å². The molecule has 33 heavy (non-hydrogen) atoms. The van der Waals surface area contributed by atoms with Crippen LogP contribution >= 0.6 is 11.6 Å². The van der Waals surface area contributed by atoms with Crippen LogP contribution in [-0.4, -0.2) is 17.8 Å². The molecule has 1 heterocycles. The number of amides is 4. The zero-order valence-electron chi connectivity index (χ0n) is 18.1. The second-order valence-corrected chi connectivity index (χ2v) is 8.17. The molecule has 0 radical (unpaired) electrons. The highest BCUT2D eigenvalue weighted by atomic mass is 35.5. The van der Waals surface area contributed by atoms with Gasteiger partial charge in [-0.2, -0.15) is 0 Å². The maximum Gasteiger partial charge on any atom is 0.335 e. The Balaban J connectivity index is 1.59. The number of hydrogen-bond donors (Lipinski definition) is 1. The largest absolute Gasteiger partial charge is 0.489 e. The van der Waals surface area contributed by atoms with E-state index in [4.69, 9.17) is 16.3 Å². The Morgan fingerprint density at radius 3 is 2.48 bits per heavy atom. The second-order valence-electron chi connectivity index (χ2n) is 7.74. The van der Waals surface area contributed by atoms with Crippen LogP contribution in [0.15, 0.2) is 72.3 Å². The van der Waals surface area contributed by atoms with Crippen LogP contribution in [0.25, 0.3) is 6.08 Å². The summed E-state index contributed by atoms with van der Waals surface area (Å²) in [6.07, 6.45) is 1.44. The number of anilines is 1. The van der Waals surface area contributed by atoms with Crippen molar-refractivity contribution in [3.8, 4) is 5.75 Å². The zero-order chi connectivity index (χ0) is 23.5. The summed E-state index contributed by atoms with van der Waals surface area (Å²) in [5.41, 5.74) is 3.61. The lowest BCUT2D eigenvalue weighted by atomic mass is 10.1. The normalized spacial score (nSPS) is 15.1. The maximum atomic E-state index is 13.1. The number of carbonyl (C=O) groups is 3. The molecule has 166 valence electrons. The molecule has 4 amide bonds. The molecular weight excluding hydrogens is 440 g/mol. The second kappa shape index (κ2) is 9.30. The summed E-state index contributed by atoms with van der Waals surface area (Å²) in [6.45, 7) is 4.16. The lowest BCUT2D eigenvalue weighted by molar-refractivity contribution is -0.122. The third-order valence-electron chi connectivity index (χ3n) is 5.21. The van der Waals surface area contributed by atoms with Crippen molar-refractivity contribution in [2.75, 3.05) is 4.90 Å². The van der Waals surface area contributed by atoms with Gasteiger partial charge in [0.15, 0.2) is 0 Å². The Hall–Kier alpha value is -3.90. The first-order chi connectivity index (χ1) is 15.8. The van der Waals surface area contributed by atoms with Gasteiger partial charge in [-0.1, -0.05) is 59.6 Å². The average molecular weight is 461 g/mol. The average Bonchev–Trinajstić information content (AvgIpc) is 2.79. The quantitative estimate of drug-likeness (QED) is 0.419. The van der Waals surface area contributed by atoms with E-state index in [9.17, 15) is 14.4 Å². The van der Waals surface area contributed by atoms with Crippen molar-refractivity contribution in [1.29, 1.82) is 0 Å². The van der Waals surface area contributed by atoms with Crippen LogP contribution in [0.2, 0.25) is 5.02 Å². The summed E-state index contributed by atoms with van der Waals surface area (Å²) >= 11 is 6.06. The van der Waals surface area contributed by atoms with E-state index in [1.807, 2.05) is 31.2 Å². The minimum atomic E-state index is -0.817. The van der Waals surface area contributed by atoms with E-state index in [0.29, 0.717) is 34.2 Å². The van der Waals surface area contributed by atoms with Gasteiger partial charge in [-0.05, 0) is 60.9 Å². The molecule has 1 N–H and O–H groups in total. The molecule has 4 rings (SSSR count).